The van der Waals surface area contributed by atoms with E-state index in [9.17, 15) is 0 Å². The van der Waals surface area contributed by atoms with Gasteiger partial charge in [-0.1, -0.05) is 43.7 Å². The predicted molar refractivity (Wildman–Crippen MR) is 45.1 cm³/mol. The van der Waals surface area contributed by atoms with E-state index >= 15 is 0 Å². The average molecular weight is 136 g/mol. The number of rotatable bonds is 3. The Kier molecular flexibility index (Phi) is 2.45. The maximum Gasteiger partial charge on any atom is 0.0623 e. The van der Waals surface area contributed by atoms with Gasteiger partial charge in [0.2, 0.25) is 0 Å². The number of hydrogen-bond donors (Lipinski definition) is 0. The molecule has 1 aromatic carbocycles. The van der Waals surface area contributed by atoms with Crippen molar-refractivity contribution in [3.05, 3.63) is 35.9 Å². The van der Waals surface area contributed by atoms with Crippen LogP contribution in [0.25, 0.3) is 0 Å². The number of hydrogen-bond acceptors (Lipinski definition) is 0. The molecular weight excluding hydrogens is 120 g/mol. The van der Waals surface area contributed by atoms with Crippen LogP contribution in [0.5, 0.6) is 0 Å². The first-order valence-corrected chi connectivity index (χ1v) is 3.88. The lowest BCUT2D eigenvalue weighted by atomic mass is 10.1. The summed E-state index contributed by atoms with van der Waals surface area (Å²) in [6.45, 7) is 2.19. The van der Waals surface area contributed by atoms with Crippen LogP contribution in [0.1, 0.15) is 26.7 Å². The average Bonchev–Trinajstić information content (AvgIpc) is 2.01. The van der Waals surface area contributed by atoms with Crippen molar-refractivity contribution >= 4 is 0 Å². The normalized spacial score (nSPS) is 11.1. The Labute approximate surface area is 64.3 Å². The van der Waals surface area contributed by atoms with Crippen molar-refractivity contribution in [1.29, 1.82) is 0 Å². The molecular formula is C10H14. The summed E-state index contributed by atoms with van der Waals surface area (Å²) in [5.41, 5.74) is 1.29. The minimum atomic E-state index is 0.624. The largest absolute Gasteiger partial charge is 0.0654 e. The molecule has 0 aliphatic rings. The molecule has 0 amide bonds. The summed E-state index contributed by atoms with van der Waals surface area (Å²) in [6, 6.07) is 8.42. The van der Waals surface area contributed by atoms with Crippen LogP contribution in [0.3, 0.4) is 0 Å². The monoisotopic (exact) mass is 136 g/mol. The van der Waals surface area contributed by atoms with Crippen LogP contribution in [-0.4, -0.2) is 0 Å². The maximum absolute atomic E-state index is 7.37. The molecule has 0 heterocycles. The highest BCUT2D eigenvalue weighted by Gasteiger charge is 1.87. The molecule has 1 rings (SSSR count). The maximum atomic E-state index is 7.37. The molecule has 1 aromatic rings. The third kappa shape index (κ3) is 2.22. The van der Waals surface area contributed by atoms with Crippen molar-refractivity contribution < 1.29 is 1.37 Å². The van der Waals surface area contributed by atoms with Gasteiger partial charge < -0.3 is 0 Å². The second kappa shape index (κ2) is 4.10. The number of benzene rings is 1. The minimum absolute atomic E-state index is 0.624. The van der Waals surface area contributed by atoms with Gasteiger partial charge in [-0.2, -0.15) is 0 Å². The lowest BCUT2D eigenvalue weighted by molar-refractivity contribution is 0.795. The first-order valence-electron chi connectivity index (χ1n) is 4.38. The molecule has 0 unspecified atom stereocenters. The molecule has 0 saturated carbocycles. The van der Waals surface area contributed by atoms with E-state index in [1.807, 2.05) is 18.2 Å². The molecule has 0 bridgehead atoms. The van der Waals surface area contributed by atoms with Crippen LogP contribution < -0.4 is 0 Å². The van der Waals surface area contributed by atoms with Gasteiger partial charge in [0, 0.05) is 0 Å². The summed E-state index contributed by atoms with van der Waals surface area (Å²) < 4.78 is 7.37. The summed E-state index contributed by atoms with van der Waals surface area (Å²) in [5, 5.41) is 0. The second-order valence-corrected chi connectivity index (χ2v) is 2.52. The molecule has 0 aliphatic heterocycles. The number of aryl methyl sites for hydroxylation is 1. The Morgan fingerprint density at radius 1 is 1.40 bits per heavy atom. The molecule has 0 radical (unpaired) electrons. The summed E-state index contributed by atoms with van der Waals surface area (Å²) in [5.74, 6) is 0. The van der Waals surface area contributed by atoms with Crippen molar-refractivity contribution in [3.8, 4) is 0 Å². The van der Waals surface area contributed by atoms with Gasteiger partial charge in [0.1, 0.15) is 0 Å². The standard InChI is InChI=1S/C10H14/c1-2-3-7-10-8-5-4-6-9-10/h4-6,8-9H,2-3,7H2,1H3/i5T. The van der Waals surface area contributed by atoms with Gasteiger partial charge in [-0.25, -0.2) is 0 Å². The van der Waals surface area contributed by atoms with Gasteiger partial charge in [-0.05, 0) is 18.4 Å². The molecule has 0 nitrogen and oxygen atoms in total. The van der Waals surface area contributed by atoms with Crippen molar-refractivity contribution in [3.63, 3.8) is 0 Å². The Balaban J connectivity index is 2.56. The highest BCUT2D eigenvalue weighted by atomic mass is 13.9. The highest BCUT2D eigenvalue weighted by molar-refractivity contribution is 5.14. The van der Waals surface area contributed by atoms with Crippen LogP contribution in [0, 0.1) is 0 Å². The van der Waals surface area contributed by atoms with Gasteiger partial charge in [0.25, 0.3) is 0 Å². The van der Waals surface area contributed by atoms with E-state index in [4.69, 9.17) is 1.37 Å². The minimum Gasteiger partial charge on any atom is -0.0654 e. The third-order valence-corrected chi connectivity index (χ3v) is 1.59. The highest BCUT2D eigenvalue weighted by Crippen LogP contribution is 2.03. The van der Waals surface area contributed by atoms with E-state index in [0.717, 1.165) is 6.42 Å². The zero-order valence-corrected chi connectivity index (χ0v) is 6.43. The van der Waals surface area contributed by atoms with E-state index in [2.05, 4.69) is 13.0 Å². The zero-order valence-electron chi connectivity index (χ0n) is 7.43. The molecule has 10 heavy (non-hydrogen) atoms. The first kappa shape index (κ1) is 5.96. The topological polar surface area (TPSA) is 0 Å². The van der Waals surface area contributed by atoms with Crippen molar-refractivity contribution in [2.24, 2.45) is 0 Å². The molecule has 0 atom stereocenters. The summed E-state index contributed by atoms with van der Waals surface area (Å²) in [7, 11) is 0. The molecule has 0 heteroatoms. The number of unbranched alkanes of at least 4 members (excludes halogenated alkanes) is 1. The van der Waals surface area contributed by atoms with E-state index in [1.165, 1.54) is 18.4 Å². The van der Waals surface area contributed by atoms with Gasteiger partial charge >= 0.3 is 0 Å². The fraction of sp³-hybridized carbons (Fsp3) is 0.400. The SMILES string of the molecule is [3H]c1cccc(CCCC)c1. The van der Waals surface area contributed by atoms with E-state index < -0.39 is 0 Å². The Morgan fingerprint density at radius 3 is 3.00 bits per heavy atom. The lowest BCUT2D eigenvalue weighted by Gasteiger charge is -1.96. The van der Waals surface area contributed by atoms with Crippen molar-refractivity contribution in [2.75, 3.05) is 0 Å². The quantitative estimate of drug-likeness (QED) is 0.599. The Bertz CT molecular complexity index is 218. The van der Waals surface area contributed by atoms with Crippen molar-refractivity contribution in [1.82, 2.24) is 0 Å². The third-order valence-electron chi connectivity index (χ3n) is 1.59. The summed E-state index contributed by atoms with van der Waals surface area (Å²) in [4.78, 5) is 0. The van der Waals surface area contributed by atoms with E-state index in [0.29, 0.717) is 6.04 Å². The van der Waals surface area contributed by atoms with Crippen molar-refractivity contribution in [2.45, 2.75) is 26.2 Å². The molecule has 54 valence electrons. The zero-order chi connectivity index (χ0) is 8.10. The summed E-state index contributed by atoms with van der Waals surface area (Å²) >= 11 is 0. The van der Waals surface area contributed by atoms with Crippen LogP contribution in [0.15, 0.2) is 30.3 Å². The predicted octanol–water partition coefficient (Wildman–Crippen LogP) is 3.03. The molecule has 0 fully saturated rings. The van der Waals surface area contributed by atoms with Gasteiger partial charge in [-0.3, -0.25) is 0 Å². The van der Waals surface area contributed by atoms with E-state index in [1.54, 1.807) is 0 Å². The summed E-state index contributed by atoms with van der Waals surface area (Å²) in [6.07, 6.45) is 3.56. The molecule has 0 saturated heterocycles. The molecule has 0 aromatic heterocycles. The second-order valence-electron chi connectivity index (χ2n) is 2.52. The molecule has 0 aliphatic carbocycles. The Morgan fingerprint density at radius 2 is 2.30 bits per heavy atom. The fourth-order valence-electron chi connectivity index (χ4n) is 0.967. The smallest absolute Gasteiger partial charge is 0.0623 e. The van der Waals surface area contributed by atoms with Crippen LogP contribution in [-0.2, 0) is 6.42 Å². The van der Waals surface area contributed by atoms with Crippen LogP contribution in [0.2, 0.25) is 0 Å². The molecule has 0 spiro atoms. The molecule has 0 N–H and O–H groups in total. The Hall–Kier alpha value is -0.780. The fourth-order valence-corrected chi connectivity index (χ4v) is 0.967. The van der Waals surface area contributed by atoms with Gasteiger partial charge in [0.15, 0.2) is 0 Å². The van der Waals surface area contributed by atoms with Crippen LogP contribution in [0.4, 0.5) is 0 Å². The van der Waals surface area contributed by atoms with Gasteiger partial charge in [-0.15, -0.1) is 0 Å². The van der Waals surface area contributed by atoms with E-state index in [-0.39, 0.29) is 0 Å². The van der Waals surface area contributed by atoms with Crippen LogP contribution >= 0.6 is 0 Å². The lowest BCUT2D eigenvalue weighted by Crippen LogP contribution is -1.81. The van der Waals surface area contributed by atoms with Gasteiger partial charge in [0.05, 0.1) is 1.37 Å². The first-order chi connectivity index (χ1) is 5.33.